The molecule has 0 bridgehead atoms. The van der Waals surface area contributed by atoms with Crippen molar-refractivity contribution in [3.63, 3.8) is 0 Å². The number of thiophene rings is 1. The van der Waals surface area contributed by atoms with Crippen molar-refractivity contribution in [3.05, 3.63) is 17.5 Å². The largest absolute Gasteiger partial charge is 0.349 e. The summed E-state index contributed by atoms with van der Waals surface area (Å²) in [6.07, 6.45) is 2.04. The summed E-state index contributed by atoms with van der Waals surface area (Å²) in [5.41, 5.74) is 0. The van der Waals surface area contributed by atoms with Crippen molar-refractivity contribution in [2.75, 3.05) is 24.6 Å². The molecule has 2 saturated heterocycles. The standard InChI is InChI=1S/C15H23N3O5S3/c1-11(17-26(22,23)14-5-4-8-24-14)15(19)16-12-9-25(20,21)10-13(12)18-6-2-3-7-18/h4-5,8,11-13,17H,2-3,6-7,9-10H2,1H3,(H,16,19). The van der Waals surface area contributed by atoms with Gasteiger partial charge in [0.25, 0.3) is 10.0 Å². The molecule has 0 saturated carbocycles. The number of nitrogens with one attached hydrogen (secondary N) is 2. The quantitative estimate of drug-likeness (QED) is 0.657. The molecule has 2 fully saturated rings. The number of hydrogen-bond donors (Lipinski definition) is 2. The molecule has 3 unspecified atom stereocenters. The molecular weight excluding hydrogens is 398 g/mol. The predicted molar refractivity (Wildman–Crippen MR) is 99.3 cm³/mol. The summed E-state index contributed by atoms with van der Waals surface area (Å²) in [7, 11) is -6.99. The summed E-state index contributed by atoms with van der Waals surface area (Å²) in [5, 5.41) is 4.39. The summed E-state index contributed by atoms with van der Waals surface area (Å²) < 4.78 is 51.1. The molecule has 11 heteroatoms. The van der Waals surface area contributed by atoms with Gasteiger partial charge in [0.2, 0.25) is 5.91 Å². The van der Waals surface area contributed by atoms with E-state index in [1.165, 1.54) is 13.0 Å². The van der Waals surface area contributed by atoms with Crippen molar-refractivity contribution >= 4 is 37.1 Å². The molecule has 3 heterocycles. The van der Waals surface area contributed by atoms with E-state index in [1.54, 1.807) is 11.4 Å². The zero-order valence-corrected chi connectivity index (χ0v) is 16.9. The molecule has 3 atom stereocenters. The first-order chi connectivity index (χ1) is 12.2. The highest BCUT2D eigenvalue weighted by molar-refractivity contribution is 7.92. The second-order valence-electron chi connectivity index (χ2n) is 6.78. The zero-order chi connectivity index (χ0) is 18.9. The van der Waals surface area contributed by atoms with E-state index in [-0.39, 0.29) is 21.8 Å². The van der Waals surface area contributed by atoms with Gasteiger partial charge in [0.1, 0.15) is 4.21 Å². The fourth-order valence-electron chi connectivity index (χ4n) is 3.47. The lowest BCUT2D eigenvalue weighted by Gasteiger charge is -2.29. The number of carbonyl (C=O) groups is 1. The minimum Gasteiger partial charge on any atom is -0.349 e. The van der Waals surface area contributed by atoms with Gasteiger partial charge in [-0.2, -0.15) is 4.72 Å². The molecule has 2 N–H and O–H groups in total. The highest BCUT2D eigenvalue weighted by Gasteiger charge is 2.42. The van der Waals surface area contributed by atoms with Crippen molar-refractivity contribution in [2.45, 2.75) is 42.1 Å². The van der Waals surface area contributed by atoms with Crippen LogP contribution in [0.1, 0.15) is 19.8 Å². The number of sulfonamides is 1. The molecule has 0 spiro atoms. The van der Waals surface area contributed by atoms with E-state index in [0.717, 1.165) is 37.3 Å². The molecule has 146 valence electrons. The number of carbonyl (C=O) groups excluding carboxylic acids is 1. The van der Waals surface area contributed by atoms with E-state index in [9.17, 15) is 21.6 Å². The van der Waals surface area contributed by atoms with E-state index >= 15 is 0 Å². The van der Waals surface area contributed by atoms with Gasteiger partial charge in [-0.25, -0.2) is 16.8 Å². The topological polar surface area (TPSA) is 113 Å². The van der Waals surface area contributed by atoms with Crippen LogP contribution in [-0.4, -0.2) is 70.4 Å². The van der Waals surface area contributed by atoms with Gasteiger partial charge in [-0.05, 0) is 44.3 Å². The Balaban J connectivity index is 1.66. The molecule has 1 amide bonds. The fraction of sp³-hybridized carbons (Fsp3) is 0.667. The van der Waals surface area contributed by atoms with Crippen molar-refractivity contribution in [2.24, 2.45) is 0 Å². The maximum Gasteiger partial charge on any atom is 0.250 e. The number of amides is 1. The Bertz CT molecular complexity index is 845. The highest BCUT2D eigenvalue weighted by Crippen LogP contribution is 2.23. The monoisotopic (exact) mass is 421 g/mol. The average Bonchev–Trinajstić information content (AvgIpc) is 3.26. The molecule has 1 aromatic rings. The molecule has 0 aromatic carbocycles. The van der Waals surface area contributed by atoms with Gasteiger partial charge in [-0.1, -0.05) is 6.07 Å². The van der Waals surface area contributed by atoms with Crippen LogP contribution in [0.4, 0.5) is 0 Å². The van der Waals surface area contributed by atoms with Crippen LogP contribution >= 0.6 is 11.3 Å². The molecule has 8 nitrogen and oxygen atoms in total. The predicted octanol–water partition coefficient (Wildman–Crippen LogP) is -0.207. The van der Waals surface area contributed by atoms with Crippen molar-refractivity contribution in [1.82, 2.24) is 14.9 Å². The van der Waals surface area contributed by atoms with E-state index < -0.39 is 37.9 Å². The Labute approximate surface area is 157 Å². The highest BCUT2D eigenvalue weighted by atomic mass is 32.2. The molecule has 26 heavy (non-hydrogen) atoms. The second kappa shape index (κ2) is 7.55. The van der Waals surface area contributed by atoms with Crippen LogP contribution in [-0.2, 0) is 24.7 Å². The van der Waals surface area contributed by atoms with E-state index in [0.29, 0.717) is 0 Å². The number of sulfone groups is 1. The number of rotatable bonds is 6. The molecule has 3 rings (SSSR count). The lowest BCUT2D eigenvalue weighted by atomic mass is 10.1. The minimum atomic E-state index is -3.77. The van der Waals surface area contributed by atoms with Gasteiger partial charge in [0.05, 0.1) is 23.6 Å². The molecule has 2 aliphatic rings. The first-order valence-electron chi connectivity index (χ1n) is 8.49. The number of nitrogens with zero attached hydrogens (tertiary/aromatic N) is 1. The second-order valence-corrected chi connectivity index (χ2v) is 11.8. The summed E-state index contributed by atoms with van der Waals surface area (Å²) in [4.78, 5) is 14.6. The molecule has 0 radical (unpaired) electrons. The van der Waals surface area contributed by atoms with E-state index in [4.69, 9.17) is 0 Å². The van der Waals surface area contributed by atoms with Crippen LogP contribution in [0.25, 0.3) is 0 Å². The van der Waals surface area contributed by atoms with Crippen molar-refractivity contribution < 1.29 is 21.6 Å². The van der Waals surface area contributed by atoms with Gasteiger partial charge in [-0.15, -0.1) is 11.3 Å². The summed E-state index contributed by atoms with van der Waals surface area (Å²) in [5.74, 6) is -0.589. The lowest BCUT2D eigenvalue weighted by molar-refractivity contribution is -0.123. The number of likely N-dealkylation sites (tertiary alicyclic amines) is 1. The Morgan fingerprint density at radius 3 is 2.62 bits per heavy atom. The summed E-state index contributed by atoms with van der Waals surface area (Å²) in [6, 6.07) is 1.33. The Morgan fingerprint density at radius 2 is 2.00 bits per heavy atom. The summed E-state index contributed by atoms with van der Waals surface area (Å²) >= 11 is 1.07. The Morgan fingerprint density at radius 1 is 1.31 bits per heavy atom. The first-order valence-corrected chi connectivity index (χ1v) is 12.7. The zero-order valence-electron chi connectivity index (χ0n) is 14.4. The van der Waals surface area contributed by atoms with Crippen LogP contribution in [0.3, 0.4) is 0 Å². The van der Waals surface area contributed by atoms with Gasteiger partial charge in [0.15, 0.2) is 9.84 Å². The first kappa shape index (κ1) is 19.7. The third-order valence-corrected chi connectivity index (χ3v) is 9.40. The van der Waals surface area contributed by atoms with Crippen LogP contribution in [0.15, 0.2) is 21.7 Å². The van der Waals surface area contributed by atoms with Crippen molar-refractivity contribution in [3.8, 4) is 0 Å². The van der Waals surface area contributed by atoms with E-state index in [1.807, 2.05) is 0 Å². The molecule has 1 aromatic heterocycles. The van der Waals surface area contributed by atoms with Crippen LogP contribution in [0.5, 0.6) is 0 Å². The van der Waals surface area contributed by atoms with Crippen molar-refractivity contribution in [1.29, 1.82) is 0 Å². The maximum atomic E-state index is 12.5. The maximum absolute atomic E-state index is 12.5. The minimum absolute atomic E-state index is 0.0350. The fourth-order valence-corrected chi connectivity index (χ4v) is 7.63. The summed E-state index contributed by atoms with van der Waals surface area (Å²) in [6.45, 7) is 3.11. The lowest BCUT2D eigenvalue weighted by Crippen LogP contribution is -2.54. The SMILES string of the molecule is CC(NS(=O)(=O)c1cccs1)C(=O)NC1CS(=O)(=O)CC1N1CCCC1. The third-order valence-electron chi connectivity index (χ3n) is 4.75. The van der Waals surface area contributed by atoms with E-state index in [2.05, 4.69) is 14.9 Å². The van der Waals surface area contributed by atoms with Crippen LogP contribution in [0, 0.1) is 0 Å². The van der Waals surface area contributed by atoms with Crippen LogP contribution in [0.2, 0.25) is 0 Å². The smallest absolute Gasteiger partial charge is 0.250 e. The Hall–Kier alpha value is -1.01. The molecule has 0 aliphatic carbocycles. The molecule has 2 aliphatic heterocycles. The average molecular weight is 422 g/mol. The van der Waals surface area contributed by atoms with Gasteiger partial charge >= 0.3 is 0 Å². The van der Waals surface area contributed by atoms with Gasteiger partial charge < -0.3 is 5.32 Å². The van der Waals surface area contributed by atoms with Crippen LogP contribution < -0.4 is 10.0 Å². The number of hydrogen-bond acceptors (Lipinski definition) is 7. The third kappa shape index (κ3) is 4.45. The van der Waals surface area contributed by atoms with Gasteiger partial charge in [-0.3, -0.25) is 9.69 Å². The van der Waals surface area contributed by atoms with Gasteiger partial charge in [0, 0.05) is 6.04 Å². The normalized spacial score (nSPS) is 27.4. The molecular formula is C15H23N3O5S3. The Kier molecular flexibility index (Phi) is 5.73.